The van der Waals surface area contributed by atoms with Crippen LogP contribution in [0.25, 0.3) is 0 Å². The van der Waals surface area contributed by atoms with Gasteiger partial charge in [0.05, 0.1) is 18.8 Å². The molecule has 0 bridgehead atoms. The van der Waals surface area contributed by atoms with Crippen LogP contribution in [-0.2, 0) is 13.9 Å². The smallest absolute Gasteiger partial charge is 0.387 e. The Balaban J connectivity index is 4.16. The topological polar surface area (TPSA) is 116 Å². The van der Waals surface area contributed by atoms with Crippen molar-refractivity contribution in [1.29, 1.82) is 0 Å². The highest BCUT2D eigenvalue weighted by Crippen LogP contribution is 2.35. The van der Waals surface area contributed by atoms with Gasteiger partial charge in [-0.15, -0.1) is 0 Å². The van der Waals surface area contributed by atoms with Gasteiger partial charge in [-0.3, -0.25) is 9.32 Å². The number of allylic oxidation sites excluding steroid dienone is 1. The van der Waals surface area contributed by atoms with E-state index in [1.54, 1.807) is 6.08 Å². The standard InChI is InChI=1S/C26H52NO6P/c1-3-5-7-9-10-11-12-13-14-15-16-18-19-21-25(28)24(23-33-34(30,31)32)27-26(29)22-20-17-8-6-4-2/h19,21,24-25,28H,3-18,20,22-23H2,1-2H3,(H,27,29)(H2,30,31,32)/b21-19-/t24-,25+/m0/s1. The molecule has 0 aromatic carbocycles. The average Bonchev–Trinajstić information content (AvgIpc) is 2.78. The quantitative estimate of drug-likeness (QED) is 0.0671. The summed E-state index contributed by atoms with van der Waals surface area (Å²) in [4.78, 5) is 30.2. The van der Waals surface area contributed by atoms with E-state index in [1.165, 1.54) is 57.8 Å². The second kappa shape index (κ2) is 22.7. The van der Waals surface area contributed by atoms with Gasteiger partial charge in [-0.1, -0.05) is 116 Å². The Kier molecular flexibility index (Phi) is 22.2. The van der Waals surface area contributed by atoms with E-state index in [0.29, 0.717) is 6.42 Å². The first-order valence-corrected chi connectivity index (χ1v) is 15.2. The van der Waals surface area contributed by atoms with E-state index in [-0.39, 0.29) is 5.91 Å². The molecular formula is C26H52NO6P. The zero-order valence-electron chi connectivity index (χ0n) is 21.8. The van der Waals surface area contributed by atoms with Crippen molar-refractivity contribution in [2.75, 3.05) is 6.61 Å². The number of amides is 1. The van der Waals surface area contributed by atoms with Crippen LogP contribution < -0.4 is 5.32 Å². The van der Waals surface area contributed by atoms with Gasteiger partial charge < -0.3 is 20.2 Å². The molecule has 0 rings (SSSR count). The van der Waals surface area contributed by atoms with E-state index >= 15 is 0 Å². The van der Waals surface area contributed by atoms with Crippen molar-refractivity contribution >= 4 is 13.7 Å². The molecule has 1 amide bonds. The lowest BCUT2D eigenvalue weighted by molar-refractivity contribution is -0.123. The number of phosphoric acid groups is 1. The Hall–Kier alpha value is -0.720. The van der Waals surface area contributed by atoms with Crippen LogP contribution in [0.3, 0.4) is 0 Å². The van der Waals surface area contributed by atoms with Gasteiger partial charge in [0.1, 0.15) is 0 Å². The molecule has 0 spiro atoms. The largest absolute Gasteiger partial charge is 0.469 e. The number of phosphoric ester groups is 1. The third kappa shape index (κ3) is 23.0. The Bertz CT molecular complexity index is 551. The van der Waals surface area contributed by atoms with Gasteiger partial charge in [0, 0.05) is 6.42 Å². The summed E-state index contributed by atoms with van der Waals surface area (Å²) in [5.41, 5.74) is 0. The first-order chi connectivity index (χ1) is 16.3. The molecule has 7 nitrogen and oxygen atoms in total. The fourth-order valence-corrected chi connectivity index (χ4v) is 4.22. The first kappa shape index (κ1) is 33.3. The summed E-state index contributed by atoms with van der Waals surface area (Å²) in [5, 5.41) is 13.1. The first-order valence-electron chi connectivity index (χ1n) is 13.6. The second-order valence-corrected chi connectivity index (χ2v) is 10.6. The van der Waals surface area contributed by atoms with Crippen LogP contribution in [0.2, 0.25) is 0 Å². The zero-order chi connectivity index (χ0) is 25.5. The van der Waals surface area contributed by atoms with Gasteiger partial charge in [-0.2, -0.15) is 0 Å². The molecule has 4 N–H and O–H groups in total. The normalized spacial score (nSPS) is 13.9. The number of rotatable bonds is 24. The Morgan fingerprint density at radius 1 is 0.824 bits per heavy atom. The summed E-state index contributed by atoms with van der Waals surface area (Å²) in [6.07, 6.45) is 22.7. The third-order valence-corrected chi connectivity index (χ3v) is 6.48. The van der Waals surface area contributed by atoms with Crippen LogP contribution in [0.15, 0.2) is 12.2 Å². The van der Waals surface area contributed by atoms with E-state index in [1.807, 2.05) is 6.08 Å². The number of carbonyl (C=O) groups excluding carboxylic acids is 1. The van der Waals surface area contributed by atoms with E-state index in [2.05, 4.69) is 23.7 Å². The highest BCUT2D eigenvalue weighted by molar-refractivity contribution is 7.46. The molecule has 0 fully saturated rings. The molecule has 0 heterocycles. The molecule has 2 atom stereocenters. The summed E-state index contributed by atoms with van der Waals surface area (Å²) in [6, 6.07) is -0.899. The molecule has 0 saturated heterocycles. The number of carbonyl (C=O) groups is 1. The third-order valence-electron chi connectivity index (χ3n) is 6.00. The van der Waals surface area contributed by atoms with Crippen molar-refractivity contribution in [2.24, 2.45) is 0 Å². The minimum Gasteiger partial charge on any atom is -0.387 e. The summed E-state index contributed by atoms with van der Waals surface area (Å²) in [6.45, 7) is 3.92. The van der Waals surface area contributed by atoms with Crippen LogP contribution in [0.1, 0.15) is 129 Å². The molecule has 0 aromatic heterocycles. The van der Waals surface area contributed by atoms with Gasteiger partial charge in [-0.05, 0) is 19.3 Å². The monoisotopic (exact) mass is 505 g/mol. The van der Waals surface area contributed by atoms with Gasteiger partial charge in [-0.25, -0.2) is 4.57 Å². The highest BCUT2D eigenvalue weighted by atomic mass is 31.2. The lowest BCUT2D eigenvalue weighted by Crippen LogP contribution is -2.45. The Morgan fingerprint density at radius 2 is 1.29 bits per heavy atom. The predicted molar refractivity (Wildman–Crippen MR) is 140 cm³/mol. The SMILES string of the molecule is CCCCCCCCCCCCC/C=C\[C@@H](O)[C@H](COP(=O)(O)O)NC(=O)CCCCCCC. The maximum Gasteiger partial charge on any atom is 0.469 e. The van der Waals surface area contributed by atoms with Gasteiger partial charge in [0.15, 0.2) is 0 Å². The number of hydrogen-bond acceptors (Lipinski definition) is 4. The van der Waals surface area contributed by atoms with E-state index in [0.717, 1.165) is 51.4 Å². The molecule has 0 aromatic rings. The van der Waals surface area contributed by atoms with Crippen LogP contribution in [0, 0.1) is 0 Å². The summed E-state index contributed by atoms with van der Waals surface area (Å²) in [7, 11) is -4.68. The van der Waals surface area contributed by atoms with Crippen molar-refractivity contribution in [3.8, 4) is 0 Å². The maximum absolute atomic E-state index is 12.2. The van der Waals surface area contributed by atoms with Gasteiger partial charge >= 0.3 is 7.82 Å². The molecule has 34 heavy (non-hydrogen) atoms. The van der Waals surface area contributed by atoms with Crippen molar-refractivity contribution in [3.05, 3.63) is 12.2 Å². The van der Waals surface area contributed by atoms with Gasteiger partial charge in [0.25, 0.3) is 0 Å². The van der Waals surface area contributed by atoms with E-state index < -0.39 is 26.6 Å². The maximum atomic E-state index is 12.2. The Labute approximate surface area is 208 Å². The molecule has 0 aliphatic heterocycles. The van der Waals surface area contributed by atoms with E-state index in [9.17, 15) is 14.5 Å². The van der Waals surface area contributed by atoms with Gasteiger partial charge in [0.2, 0.25) is 5.91 Å². The molecule has 0 aliphatic rings. The number of aliphatic hydroxyl groups excluding tert-OH is 1. The number of nitrogens with one attached hydrogen (secondary N) is 1. The van der Waals surface area contributed by atoms with Crippen LogP contribution in [-0.4, -0.2) is 39.6 Å². The summed E-state index contributed by atoms with van der Waals surface area (Å²) < 4.78 is 15.6. The fourth-order valence-electron chi connectivity index (χ4n) is 3.87. The molecule has 202 valence electrons. The predicted octanol–water partition coefficient (Wildman–Crippen LogP) is 6.56. The van der Waals surface area contributed by atoms with Crippen molar-refractivity contribution in [1.82, 2.24) is 5.32 Å². The Morgan fingerprint density at radius 3 is 1.79 bits per heavy atom. The lowest BCUT2D eigenvalue weighted by Gasteiger charge is -2.22. The zero-order valence-corrected chi connectivity index (χ0v) is 22.7. The van der Waals surface area contributed by atoms with Crippen LogP contribution >= 0.6 is 7.82 Å². The van der Waals surface area contributed by atoms with Crippen molar-refractivity contribution in [3.63, 3.8) is 0 Å². The number of hydrogen-bond donors (Lipinski definition) is 4. The lowest BCUT2D eigenvalue weighted by atomic mass is 10.0. The molecule has 0 radical (unpaired) electrons. The van der Waals surface area contributed by atoms with Crippen molar-refractivity contribution in [2.45, 2.75) is 142 Å². The fraction of sp³-hybridized carbons (Fsp3) is 0.885. The van der Waals surface area contributed by atoms with Crippen molar-refractivity contribution < 1.29 is 28.8 Å². The molecule has 0 saturated carbocycles. The molecule has 0 aliphatic carbocycles. The molecule has 0 unspecified atom stereocenters. The minimum absolute atomic E-state index is 0.242. The second-order valence-electron chi connectivity index (χ2n) is 9.37. The van der Waals surface area contributed by atoms with Crippen LogP contribution in [0.5, 0.6) is 0 Å². The average molecular weight is 506 g/mol. The highest BCUT2D eigenvalue weighted by Gasteiger charge is 2.24. The summed E-state index contributed by atoms with van der Waals surface area (Å²) >= 11 is 0. The number of unbranched alkanes of at least 4 members (excludes halogenated alkanes) is 15. The van der Waals surface area contributed by atoms with Crippen LogP contribution in [0.4, 0.5) is 0 Å². The van der Waals surface area contributed by atoms with E-state index in [4.69, 9.17) is 9.79 Å². The molecule has 8 heteroatoms. The minimum atomic E-state index is -4.68. The molecular weight excluding hydrogens is 453 g/mol. The summed E-state index contributed by atoms with van der Waals surface area (Å²) in [5.74, 6) is -0.242. The number of aliphatic hydroxyl groups is 1.